The van der Waals surface area contributed by atoms with Gasteiger partial charge < -0.3 is 9.47 Å². The van der Waals surface area contributed by atoms with Crippen molar-refractivity contribution in [1.29, 1.82) is 0 Å². The van der Waals surface area contributed by atoms with E-state index in [1.807, 2.05) is 24.3 Å². The van der Waals surface area contributed by atoms with Crippen molar-refractivity contribution in [1.82, 2.24) is 0 Å². The molecule has 3 aromatic carbocycles. The molecule has 0 aromatic heterocycles. The van der Waals surface area contributed by atoms with E-state index in [2.05, 4.69) is 24.3 Å². The minimum Gasteiger partial charge on any atom is -0.497 e. The lowest BCUT2D eigenvalue weighted by Gasteiger charge is -2.38. The number of ketones is 1. The summed E-state index contributed by atoms with van der Waals surface area (Å²) in [5.41, 5.74) is 3.50. The molecule has 1 fully saturated rings. The van der Waals surface area contributed by atoms with Crippen LogP contribution in [0.25, 0.3) is 0 Å². The van der Waals surface area contributed by atoms with Gasteiger partial charge in [-0.3, -0.25) is 4.79 Å². The molecule has 0 saturated heterocycles. The van der Waals surface area contributed by atoms with Crippen LogP contribution in [0.15, 0.2) is 72.8 Å². The van der Waals surface area contributed by atoms with Crippen LogP contribution in [0.5, 0.6) is 11.5 Å². The molecule has 0 bridgehead atoms. The number of hydrogen-bond donors (Lipinski definition) is 0. The first kappa shape index (κ1) is 21.8. The molecule has 1 saturated carbocycles. The molecular formula is C28H28O4. The van der Waals surface area contributed by atoms with Gasteiger partial charge in [-0.1, -0.05) is 55.7 Å². The highest BCUT2D eigenvalue weighted by Crippen LogP contribution is 2.45. The number of benzene rings is 3. The summed E-state index contributed by atoms with van der Waals surface area (Å²) in [6, 6.07) is 22.8. The highest BCUT2D eigenvalue weighted by molar-refractivity contribution is 5.96. The summed E-state index contributed by atoms with van der Waals surface area (Å²) in [6.07, 6.45) is 5.84. The van der Waals surface area contributed by atoms with Gasteiger partial charge in [0.2, 0.25) is 0 Å². The molecule has 0 radical (unpaired) electrons. The number of hydrogen-bond acceptors (Lipinski definition) is 4. The molecule has 0 N–H and O–H groups in total. The number of Topliss-reactive ketones (excluding diaryl/α,β-unsaturated/α-hetero) is 1. The van der Waals surface area contributed by atoms with Crippen LogP contribution in [0.1, 0.15) is 70.9 Å². The van der Waals surface area contributed by atoms with Crippen LogP contribution < -0.4 is 9.47 Å². The minimum absolute atomic E-state index is 0.0322. The fourth-order valence-electron chi connectivity index (χ4n) is 4.66. The molecule has 0 unspecified atom stereocenters. The van der Waals surface area contributed by atoms with E-state index in [1.54, 1.807) is 31.4 Å². The summed E-state index contributed by atoms with van der Waals surface area (Å²) in [5, 5.41) is 0. The third-order valence-corrected chi connectivity index (χ3v) is 6.49. The van der Waals surface area contributed by atoms with E-state index in [1.165, 1.54) is 37.3 Å². The minimum atomic E-state index is -0.435. The molecule has 3 aromatic rings. The molecule has 4 heteroatoms. The first-order valence-electron chi connectivity index (χ1n) is 11.1. The molecule has 4 nitrogen and oxygen atoms in total. The summed E-state index contributed by atoms with van der Waals surface area (Å²) in [5.74, 6) is 0.901. The largest absolute Gasteiger partial charge is 0.497 e. The quantitative estimate of drug-likeness (QED) is 0.260. The third-order valence-electron chi connectivity index (χ3n) is 6.49. The van der Waals surface area contributed by atoms with Gasteiger partial charge in [0, 0.05) is 11.0 Å². The van der Waals surface area contributed by atoms with Gasteiger partial charge in [0.15, 0.2) is 5.78 Å². The van der Waals surface area contributed by atoms with Crippen LogP contribution >= 0.6 is 0 Å². The van der Waals surface area contributed by atoms with E-state index in [9.17, 15) is 9.59 Å². The fraction of sp³-hybridized carbons (Fsp3) is 0.286. The number of ether oxygens (including phenoxy) is 2. The van der Waals surface area contributed by atoms with Gasteiger partial charge in [-0.2, -0.15) is 0 Å². The number of rotatable bonds is 6. The van der Waals surface area contributed by atoms with Gasteiger partial charge in [-0.15, -0.1) is 0 Å². The Morgan fingerprint density at radius 1 is 0.688 bits per heavy atom. The second-order valence-corrected chi connectivity index (χ2v) is 8.42. The van der Waals surface area contributed by atoms with Crippen molar-refractivity contribution < 1.29 is 19.1 Å². The number of carbonyl (C=O) groups excluding carboxylic acids is 2. The average molecular weight is 429 g/mol. The Morgan fingerprint density at radius 2 is 1.19 bits per heavy atom. The summed E-state index contributed by atoms with van der Waals surface area (Å²) < 4.78 is 10.9. The summed E-state index contributed by atoms with van der Waals surface area (Å²) in [4.78, 5) is 23.9. The van der Waals surface area contributed by atoms with Crippen molar-refractivity contribution in [3.8, 4) is 11.5 Å². The second-order valence-electron chi connectivity index (χ2n) is 8.42. The molecule has 32 heavy (non-hydrogen) atoms. The third kappa shape index (κ3) is 4.45. The summed E-state index contributed by atoms with van der Waals surface area (Å²) >= 11 is 0. The van der Waals surface area contributed by atoms with Crippen molar-refractivity contribution in [3.63, 3.8) is 0 Å². The molecule has 0 atom stereocenters. The molecule has 1 aliphatic carbocycles. The zero-order valence-corrected chi connectivity index (χ0v) is 18.6. The van der Waals surface area contributed by atoms with E-state index < -0.39 is 5.97 Å². The predicted molar refractivity (Wildman–Crippen MR) is 125 cm³/mol. The lowest BCUT2D eigenvalue weighted by Crippen LogP contribution is -2.30. The highest BCUT2D eigenvalue weighted by Gasteiger charge is 2.35. The van der Waals surface area contributed by atoms with E-state index in [4.69, 9.17) is 9.47 Å². The monoisotopic (exact) mass is 428 g/mol. The van der Waals surface area contributed by atoms with Crippen LogP contribution in [-0.2, 0) is 5.41 Å². The number of carbonyl (C=O) groups is 2. The van der Waals surface area contributed by atoms with Crippen molar-refractivity contribution in [2.24, 2.45) is 0 Å². The molecule has 0 spiro atoms. The Morgan fingerprint density at radius 3 is 1.69 bits per heavy atom. The van der Waals surface area contributed by atoms with Gasteiger partial charge in [-0.05, 0) is 67.3 Å². The van der Waals surface area contributed by atoms with Gasteiger partial charge in [0.05, 0.1) is 12.7 Å². The Hall–Kier alpha value is -3.40. The van der Waals surface area contributed by atoms with Crippen molar-refractivity contribution >= 4 is 11.8 Å². The molecule has 0 aliphatic heterocycles. The summed E-state index contributed by atoms with van der Waals surface area (Å²) in [6.45, 7) is 1.50. The van der Waals surface area contributed by atoms with E-state index in [0.717, 1.165) is 18.6 Å². The maximum absolute atomic E-state index is 12.5. The Kier molecular flexibility index (Phi) is 6.40. The number of methoxy groups -OCH3 is 1. The standard InChI is InChI=1S/C28H28O4/c1-20(29)21-6-8-22(9-7-21)27(30)32-26-16-12-24(13-17-26)28(18-4-3-5-19-28)23-10-14-25(31-2)15-11-23/h6-17H,3-5,18-19H2,1-2H3. The SMILES string of the molecule is COc1ccc(C2(c3ccc(OC(=O)c4ccc(C(C)=O)cc4)cc3)CCCCC2)cc1. The topological polar surface area (TPSA) is 52.6 Å². The Balaban J connectivity index is 1.55. The Bertz CT molecular complexity index is 1070. The van der Waals surface area contributed by atoms with Crippen LogP contribution in [0.2, 0.25) is 0 Å². The van der Waals surface area contributed by atoms with Gasteiger partial charge >= 0.3 is 5.97 Å². The summed E-state index contributed by atoms with van der Waals surface area (Å²) in [7, 11) is 1.68. The second kappa shape index (κ2) is 9.39. The zero-order valence-electron chi connectivity index (χ0n) is 18.6. The smallest absolute Gasteiger partial charge is 0.343 e. The van der Waals surface area contributed by atoms with E-state index in [0.29, 0.717) is 16.9 Å². The fourth-order valence-corrected chi connectivity index (χ4v) is 4.66. The van der Waals surface area contributed by atoms with Crippen molar-refractivity contribution in [2.75, 3.05) is 7.11 Å². The lowest BCUT2D eigenvalue weighted by molar-refractivity contribution is 0.0734. The van der Waals surface area contributed by atoms with Gasteiger partial charge in [0.25, 0.3) is 0 Å². The molecule has 0 amide bonds. The molecule has 1 aliphatic rings. The molecule has 0 heterocycles. The van der Waals surface area contributed by atoms with E-state index >= 15 is 0 Å². The maximum Gasteiger partial charge on any atom is 0.343 e. The Labute approximate surface area is 189 Å². The first-order valence-corrected chi connectivity index (χ1v) is 11.1. The molecule has 4 rings (SSSR count). The van der Waals surface area contributed by atoms with Crippen LogP contribution in [0, 0.1) is 0 Å². The van der Waals surface area contributed by atoms with Gasteiger partial charge in [0.1, 0.15) is 11.5 Å². The molecular weight excluding hydrogens is 400 g/mol. The van der Waals surface area contributed by atoms with Crippen LogP contribution in [0.4, 0.5) is 0 Å². The zero-order chi connectivity index (χ0) is 22.6. The lowest BCUT2D eigenvalue weighted by atomic mass is 9.65. The van der Waals surface area contributed by atoms with Gasteiger partial charge in [-0.25, -0.2) is 4.79 Å². The number of esters is 1. The average Bonchev–Trinajstić information content (AvgIpc) is 2.85. The van der Waals surface area contributed by atoms with Crippen molar-refractivity contribution in [3.05, 3.63) is 95.1 Å². The maximum atomic E-state index is 12.5. The van der Waals surface area contributed by atoms with Crippen LogP contribution in [-0.4, -0.2) is 18.9 Å². The van der Waals surface area contributed by atoms with Crippen LogP contribution in [0.3, 0.4) is 0 Å². The van der Waals surface area contributed by atoms with E-state index in [-0.39, 0.29) is 11.2 Å². The first-order chi connectivity index (χ1) is 15.5. The van der Waals surface area contributed by atoms with Crippen molar-refractivity contribution in [2.45, 2.75) is 44.4 Å². The highest BCUT2D eigenvalue weighted by atomic mass is 16.5. The molecule has 164 valence electrons. The normalized spacial score (nSPS) is 15.1. The predicted octanol–water partition coefficient (Wildman–Crippen LogP) is 6.37.